The van der Waals surface area contributed by atoms with Gasteiger partial charge in [0.25, 0.3) is 0 Å². The number of hydrogen-bond acceptors (Lipinski definition) is 4. The third kappa shape index (κ3) is 4.19. The Hall–Kier alpha value is -1.12. The number of rotatable bonds is 5. The molecule has 2 aliphatic heterocycles. The molecule has 2 unspecified atom stereocenters. The fourth-order valence-corrected chi connectivity index (χ4v) is 3.21. The molecule has 0 saturated carbocycles. The molecule has 2 atom stereocenters. The van der Waals surface area contributed by atoms with Crippen LogP contribution < -0.4 is 10.6 Å². The molecular formula is C14H24N4O. The van der Waals surface area contributed by atoms with Crippen molar-refractivity contribution in [1.82, 2.24) is 15.5 Å². The average molecular weight is 264 g/mol. The lowest BCUT2D eigenvalue weighted by Crippen LogP contribution is -2.53. The van der Waals surface area contributed by atoms with Crippen LogP contribution in [0.5, 0.6) is 0 Å². The molecule has 5 nitrogen and oxygen atoms in total. The van der Waals surface area contributed by atoms with Gasteiger partial charge in [0.05, 0.1) is 19.0 Å². The fourth-order valence-electron chi connectivity index (χ4n) is 3.21. The van der Waals surface area contributed by atoms with Gasteiger partial charge in [0.15, 0.2) is 0 Å². The third-order valence-electron chi connectivity index (χ3n) is 4.13. The van der Waals surface area contributed by atoms with Gasteiger partial charge >= 0.3 is 0 Å². The van der Waals surface area contributed by atoms with Gasteiger partial charge in [-0.25, -0.2) is 0 Å². The van der Waals surface area contributed by atoms with Crippen molar-refractivity contribution < 1.29 is 4.79 Å². The first-order valence-corrected chi connectivity index (χ1v) is 7.42. The van der Waals surface area contributed by atoms with Crippen LogP contribution >= 0.6 is 0 Å². The van der Waals surface area contributed by atoms with E-state index in [9.17, 15) is 4.79 Å². The van der Waals surface area contributed by atoms with E-state index in [1.807, 2.05) is 6.07 Å². The van der Waals surface area contributed by atoms with Gasteiger partial charge in [-0.1, -0.05) is 6.42 Å². The highest BCUT2D eigenvalue weighted by Crippen LogP contribution is 2.23. The van der Waals surface area contributed by atoms with Gasteiger partial charge in [0.2, 0.25) is 5.91 Å². The number of nitrogens with zero attached hydrogens (tertiary/aromatic N) is 2. The summed E-state index contributed by atoms with van der Waals surface area (Å²) in [6.07, 6.45) is 6.53. The molecular weight excluding hydrogens is 240 g/mol. The van der Waals surface area contributed by atoms with E-state index in [0.717, 1.165) is 13.1 Å². The molecule has 0 aromatic carbocycles. The lowest BCUT2D eigenvalue weighted by Gasteiger charge is -2.38. The monoisotopic (exact) mass is 264 g/mol. The Morgan fingerprint density at radius 2 is 2.26 bits per heavy atom. The van der Waals surface area contributed by atoms with E-state index in [4.69, 9.17) is 5.26 Å². The maximum absolute atomic E-state index is 11.9. The first-order valence-electron chi connectivity index (χ1n) is 7.42. The van der Waals surface area contributed by atoms with Gasteiger partial charge in [-0.15, -0.1) is 0 Å². The number of likely N-dealkylation sites (tertiary alicyclic amines) is 1. The summed E-state index contributed by atoms with van der Waals surface area (Å²) in [6.45, 7) is 3.09. The van der Waals surface area contributed by atoms with Crippen molar-refractivity contribution in [3.8, 4) is 6.07 Å². The van der Waals surface area contributed by atoms with Crippen molar-refractivity contribution in [1.29, 1.82) is 5.26 Å². The van der Waals surface area contributed by atoms with Crippen LogP contribution in [0.4, 0.5) is 0 Å². The van der Waals surface area contributed by atoms with E-state index < -0.39 is 0 Å². The van der Waals surface area contributed by atoms with Crippen LogP contribution in [0, 0.1) is 11.3 Å². The first kappa shape index (κ1) is 14.3. The quantitative estimate of drug-likeness (QED) is 0.714. The smallest absolute Gasteiger partial charge is 0.234 e. The van der Waals surface area contributed by atoms with E-state index >= 15 is 0 Å². The third-order valence-corrected chi connectivity index (χ3v) is 4.13. The van der Waals surface area contributed by atoms with Crippen LogP contribution in [0.25, 0.3) is 0 Å². The summed E-state index contributed by atoms with van der Waals surface area (Å²) < 4.78 is 0. The molecule has 2 heterocycles. The van der Waals surface area contributed by atoms with Crippen molar-refractivity contribution in [2.24, 2.45) is 0 Å². The second-order valence-electron chi connectivity index (χ2n) is 5.49. The average Bonchev–Trinajstić information content (AvgIpc) is 2.93. The molecule has 2 aliphatic rings. The zero-order valence-electron chi connectivity index (χ0n) is 11.5. The summed E-state index contributed by atoms with van der Waals surface area (Å²) in [6, 6.07) is 3.12. The highest BCUT2D eigenvalue weighted by molar-refractivity contribution is 5.78. The molecule has 0 aromatic heterocycles. The molecule has 5 heteroatoms. The zero-order chi connectivity index (χ0) is 13.5. The Morgan fingerprint density at radius 3 is 3.00 bits per heavy atom. The molecule has 2 saturated heterocycles. The second kappa shape index (κ2) is 7.46. The number of carbonyl (C=O) groups is 1. The number of piperidine rings is 1. The van der Waals surface area contributed by atoms with Crippen molar-refractivity contribution in [3.63, 3.8) is 0 Å². The fraction of sp³-hybridized carbons (Fsp3) is 0.857. The van der Waals surface area contributed by atoms with Crippen LogP contribution in [0.3, 0.4) is 0 Å². The topological polar surface area (TPSA) is 68.2 Å². The van der Waals surface area contributed by atoms with Crippen LogP contribution in [0.2, 0.25) is 0 Å². The highest BCUT2D eigenvalue weighted by atomic mass is 16.2. The highest BCUT2D eigenvalue weighted by Gasteiger charge is 2.32. The first-order chi connectivity index (χ1) is 9.31. The van der Waals surface area contributed by atoms with Gasteiger partial charge in [-0.2, -0.15) is 5.26 Å². The van der Waals surface area contributed by atoms with E-state index in [-0.39, 0.29) is 5.91 Å². The van der Waals surface area contributed by atoms with E-state index in [0.29, 0.717) is 31.6 Å². The molecule has 2 fully saturated rings. The molecule has 0 aromatic rings. The summed E-state index contributed by atoms with van der Waals surface area (Å²) in [7, 11) is 0. The lowest BCUT2D eigenvalue weighted by molar-refractivity contribution is -0.123. The zero-order valence-corrected chi connectivity index (χ0v) is 11.5. The second-order valence-corrected chi connectivity index (χ2v) is 5.49. The van der Waals surface area contributed by atoms with Gasteiger partial charge in [-0.05, 0) is 38.8 Å². The Labute approximate surface area is 115 Å². The molecule has 0 radical (unpaired) electrons. The summed E-state index contributed by atoms with van der Waals surface area (Å²) >= 11 is 0. The summed E-state index contributed by atoms with van der Waals surface area (Å²) in [4.78, 5) is 14.2. The molecule has 0 spiro atoms. The Bertz CT molecular complexity index is 333. The predicted octanol–water partition coefficient (Wildman–Crippen LogP) is 0.623. The predicted molar refractivity (Wildman–Crippen MR) is 73.5 cm³/mol. The van der Waals surface area contributed by atoms with Crippen molar-refractivity contribution in [2.45, 2.75) is 50.6 Å². The maximum Gasteiger partial charge on any atom is 0.234 e. The molecule has 19 heavy (non-hydrogen) atoms. The van der Waals surface area contributed by atoms with Gasteiger partial charge in [0, 0.05) is 18.6 Å². The van der Waals surface area contributed by atoms with Gasteiger partial charge in [0.1, 0.15) is 0 Å². The van der Waals surface area contributed by atoms with Gasteiger partial charge in [-0.3, -0.25) is 9.69 Å². The number of hydrogen-bond donors (Lipinski definition) is 2. The largest absolute Gasteiger partial charge is 0.354 e. The molecule has 2 rings (SSSR count). The SMILES string of the molecule is N#CCCNC(=O)CN1CCCCC1C1CCCN1. The van der Waals surface area contributed by atoms with Crippen LogP contribution in [0.1, 0.15) is 38.5 Å². The van der Waals surface area contributed by atoms with Crippen molar-refractivity contribution in [3.05, 3.63) is 0 Å². The van der Waals surface area contributed by atoms with E-state index in [1.54, 1.807) is 0 Å². The standard InChI is InChI=1S/C14H24N4O/c15-7-4-9-17-14(19)11-18-10-2-1-6-13(18)12-5-3-8-16-12/h12-13,16H,1-6,8-11H2,(H,17,19). The minimum Gasteiger partial charge on any atom is -0.354 e. The number of nitriles is 1. The summed E-state index contributed by atoms with van der Waals surface area (Å²) in [5.41, 5.74) is 0. The summed E-state index contributed by atoms with van der Waals surface area (Å²) in [5, 5.41) is 14.9. The van der Waals surface area contributed by atoms with Crippen LogP contribution in [0.15, 0.2) is 0 Å². The number of amides is 1. The minimum absolute atomic E-state index is 0.0557. The van der Waals surface area contributed by atoms with Crippen molar-refractivity contribution >= 4 is 5.91 Å². The minimum atomic E-state index is 0.0557. The Kier molecular flexibility index (Phi) is 5.62. The molecule has 2 N–H and O–H groups in total. The lowest BCUT2D eigenvalue weighted by atomic mass is 9.94. The maximum atomic E-state index is 11.9. The molecule has 0 aliphatic carbocycles. The molecule has 1 amide bonds. The number of nitrogens with one attached hydrogen (secondary N) is 2. The molecule has 0 bridgehead atoms. The van der Waals surface area contributed by atoms with Crippen LogP contribution in [-0.4, -0.2) is 49.1 Å². The van der Waals surface area contributed by atoms with E-state index in [1.165, 1.54) is 32.1 Å². The Morgan fingerprint density at radius 1 is 1.37 bits per heavy atom. The molecule has 106 valence electrons. The van der Waals surface area contributed by atoms with Crippen LogP contribution in [-0.2, 0) is 4.79 Å². The summed E-state index contributed by atoms with van der Waals surface area (Å²) in [5.74, 6) is 0.0557. The van der Waals surface area contributed by atoms with Crippen molar-refractivity contribution in [2.75, 3.05) is 26.2 Å². The van der Waals surface area contributed by atoms with Gasteiger partial charge < -0.3 is 10.6 Å². The normalized spacial score (nSPS) is 27.9. The van der Waals surface area contributed by atoms with E-state index in [2.05, 4.69) is 15.5 Å². The number of carbonyl (C=O) groups excluding carboxylic acids is 1. The Balaban J connectivity index is 1.81.